The van der Waals surface area contributed by atoms with Gasteiger partial charge in [-0.1, -0.05) is 31.6 Å². The fourth-order valence-electron chi connectivity index (χ4n) is 6.11. The molecule has 1 aliphatic carbocycles. The van der Waals surface area contributed by atoms with E-state index < -0.39 is 25.9 Å². The highest BCUT2D eigenvalue weighted by molar-refractivity contribution is 8.45. The van der Waals surface area contributed by atoms with Crippen LogP contribution in [0.15, 0.2) is 52.3 Å². The Kier molecular flexibility index (Phi) is 5.04. The van der Waals surface area contributed by atoms with Crippen molar-refractivity contribution in [1.82, 2.24) is 9.97 Å². The Labute approximate surface area is 224 Å². The second kappa shape index (κ2) is 7.84. The highest BCUT2D eigenvalue weighted by Crippen LogP contribution is 3.02. The number of nitrogens with one attached hydrogen (secondary N) is 1. The number of aromatic nitrogens is 2. The zero-order valence-corrected chi connectivity index (χ0v) is 22.4. The number of nitrogens with zero attached hydrogens (tertiary/aromatic N) is 4. The molecule has 0 spiro atoms. The van der Waals surface area contributed by atoms with Gasteiger partial charge < -0.3 is 15.1 Å². The third kappa shape index (κ3) is 4.52. The summed E-state index contributed by atoms with van der Waals surface area (Å²) >= 11 is 0. The summed E-state index contributed by atoms with van der Waals surface area (Å²) in [6.07, 6.45) is 2.74. The summed E-state index contributed by atoms with van der Waals surface area (Å²) in [7, 11) is -11.3. The zero-order chi connectivity index (χ0) is 27.2. The van der Waals surface area contributed by atoms with Crippen LogP contribution in [-0.2, 0) is 30.1 Å². The van der Waals surface area contributed by atoms with Crippen molar-refractivity contribution in [3.8, 4) is 0 Å². The van der Waals surface area contributed by atoms with Crippen molar-refractivity contribution in [3.63, 3.8) is 0 Å². The highest BCUT2D eigenvalue weighted by Gasteiger charge is 2.65. The van der Waals surface area contributed by atoms with Gasteiger partial charge in [-0.15, -0.1) is 0 Å². The monoisotopic (exact) mass is 583 g/mol. The summed E-state index contributed by atoms with van der Waals surface area (Å²) in [6.45, 7) is 3.29. The predicted molar refractivity (Wildman–Crippen MR) is 143 cm³/mol. The molecule has 13 heteroatoms. The molecular formula is C26H26F5N5OS2. The lowest BCUT2D eigenvalue weighted by Crippen LogP contribution is -2.30. The number of aryl methyl sites for hydroxylation is 3. The number of rotatable bonds is 5. The standard InChI is InChI=1S/C26H26F5N5OS2/c27-39(28,29,30,31)22-3-1-2-20(11-22)32-25-24-23(8-9-38(24)37)33-26(34-25)36-14-18-12-35(13-19(18)15-36)21-7-6-16-4-5-17(16)10-21/h1-3,6-7,10-11,18-19H,4-5,8-9,12-15H2,(H,32,33,34)/t18?,19?,38-/m0/s1. The summed E-state index contributed by atoms with van der Waals surface area (Å²) in [5.41, 5.74) is 4.49. The molecule has 2 saturated heterocycles. The molecule has 0 radical (unpaired) electrons. The second-order valence-electron chi connectivity index (χ2n) is 10.9. The SMILES string of the molecule is O=[S@]1CCc2nc(N3CC4CN(c5ccc6c(c5)CC6)CC4C3)nc(Nc3cccc(S(F)(F)(F)(F)F)c3)c21. The maximum absolute atomic E-state index is 13.4. The number of halogens is 5. The summed E-state index contributed by atoms with van der Waals surface area (Å²) in [5, 5.41) is 2.75. The first-order valence-corrected chi connectivity index (χ1v) is 16.1. The van der Waals surface area contributed by atoms with Crippen LogP contribution in [0.1, 0.15) is 16.8 Å². The Morgan fingerprint density at radius 2 is 1.56 bits per heavy atom. The molecule has 0 bridgehead atoms. The van der Waals surface area contributed by atoms with Crippen LogP contribution in [-0.4, -0.2) is 46.1 Å². The van der Waals surface area contributed by atoms with Gasteiger partial charge in [0.15, 0.2) is 5.82 Å². The quantitative estimate of drug-likeness (QED) is 0.361. The largest absolute Gasteiger partial charge is 0.371 e. The van der Waals surface area contributed by atoms with E-state index in [0.717, 1.165) is 45.1 Å². The Balaban J connectivity index is 1.14. The molecule has 1 N–H and O–H groups in total. The van der Waals surface area contributed by atoms with Crippen LogP contribution < -0.4 is 15.1 Å². The summed E-state index contributed by atoms with van der Waals surface area (Å²) in [5.74, 6) is 1.67. The van der Waals surface area contributed by atoms with E-state index in [2.05, 4.69) is 43.3 Å². The molecule has 0 saturated carbocycles. The van der Waals surface area contributed by atoms with Gasteiger partial charge >= 0.3 is 10.2 Å². The van der Waals surface area contributed by atoms with Crippen molar-refractivity contribution in [2.75, 3.05) is 47.0 Å². The lowest BCUT2D eigenvalue weighted by Gasteiger charge is -2.40. The Morgan fingerprint density at radius 3 is 2.23 bits per heavy atom. The fourth-order valence-corrected chi connectivity index (χ4v) is 8.10. The first-order chi connectivity index (χ1) is 18.3. The maximum Gasteiger partial charge on any atom is 0.310 e. The lowest BCUT2D eigenvalue weighted by molar-refractivity contribution is 0.364. The third-order valence-corrected chi connectivity index (χ3v) is 10.8. The molecule has 4 aliphatic rings. The average molecular weight is 584 g/mol. The van der Waals surface area contributed by atoms with Gasteiger partial charge in [0, 0.05) is 61.6 Å². The van der Waals surface area contributed by atoms with Gasteiger partial charge in [0.05, 0.1) is 16.5 Å². The van der Waals surface area contributed by atoms with Crippen molar-refractivity contribution in [2.24, 2.45) is 11.8 Å². The predicted octanol–water partition coefficient (Wildman–Crippen LogP) is 6.21. The molecule has 3 aromatic rings. The van der Waals surface area contributed by atoms with E-state index in [-0.39, 0.29) is 11.5 Å². The van der Waals surface area contributed by atoms with E-state index in [0.29, 0.717) is 52.7 Å². The number of benzene rings is 2. The summed E-state index contributed by atoms with van der Waals surface area (Å²) < 4.78 is 79.7. The van der Waals surface area contributed by atoms with Gasteiger partial charge in [0.1, 0.15) is 9.79 Å². The smallest absolute Gasteiger partial charge is 0.310 e. The van der Waals surface area contributed by atoms with Gasteiger partial charge in [-0.2, -0.15) is 4.98 Å². The number of hydrogen-bond donors (Lipinski definition) is 1. The first-order valence-electron chi connectivity index (χ1n) is 12.8. The first kappa shape index (κ1) is 25.1. The Morgan fingerprint density at radius 1 is 0.846 bits per heavy atom. The van der Waals surface area contributed by atoms with Crippen molar-refractivity contribution in [2.45, 2.75) is 29.1 Å². The minimum absolute atomic E-state index is 0.103. The van der Waals surface area contributed by atoms with Gasteiger partial charge in [-0.05, 0) is 54.3 Å². The topological polar surface area (TPSA) is 61.4 Å². The lowest BCUT2D eigenvalue weighted by atomic mass is 9.88. The molecule has 208 valence electrons. The normalized spacial score (nSPS) is 25.4. The van der Waals surface area contributed by atoms with E-state index >= 15 is 0 Å². The number of fused-ring (bicyclic) bond motifs is 3. The molecule has 39 heavy (non-hydrogen) atoms. The minimum atomic E-state index is -9.86. The molecular weight excluding hydrogens is 557 g/mol. The van der Waals surface area contributed by atoms with Gasteiger partial charge in [-0.25, -0.2) is 4.98 Å². The molecule has 0 amide bonds. The Bertz CT molecular complexity index is 1540. The maximum atomic E-state index is 13.4. The van der Waals surface area contributed by atoms with Crippen LogP contribution in [0.5, 0.6) is 0 Å². The van der Waals surface area contributed by atoms with Crippen LogP contribution in [0.25, 0.3) is 0 Å². The van der Waals surface area contributed by atoms with E-state index in [1.54, 1.807) is 0 Å². The van der Waals surface area contributed by atoms with Crippen molar-refractivity contribution in [1.29, 1.82) is 0 Å². The zero-order valence-electron chi connectivity index (χ0n) is 20.8. The van der Waals surface area contributed by atoms with E-state index in [4.69, 9.17) is 0 Å². The Hall–Kier alpha value is -2.93. The molecule has 4 heterocycles. The van der Waals surface area contributed by atoms with Crippen LogP contribution in [0.2, 0.25) is 0 Å². The van der Waals surface area contributed by atoms with Crippen LogP contribution in [0, 0.1) is 11.8 Å². The van der Waals surface area contributed by atoms with E-state index in [1.165, 1.54) is 22.9 Å². The average Bonchev–Trinajstić information content (AvgIpc) is 3.52. The minimum Gasteiger partial charge on any atom is -0.371 e. The van der Waals surface area contributed by atoms with E-state index in [1.807, 2.05) is 0 Å². The van der Waals surface area contributed by atoms with E-state index in [9.17, 15) is 23.6 Å². The molecule has 3 aliphatic heterocycles. The van der Waals surface area contributed by atoms with Gasteiger partial charge in [0.25, 0.3) is 0 Å². The highest BCUT2D eigenvalue weighted by atomic mass is 32.5. The van der Waals surface area contributed by atoms with Crippen molar-refractivity contribution >= 4 is 44.2 Å². The molecule has 3 atom stereocenters. The van der Waals surface area contributed by atoms with Crippen LogP contribution in [0.3, 0.4) is 0 Å². The molecule has 2 unspecified atom stereocenters. The van der Waals surface area contributed by atoms with Gasteiger partial charge in [0.2, 0.25) is 5.95 Å². The van der Waals surface area contributed by atoms with Crippen molar-refractivity contribution < 1.29 is 23.6 Å². The third-order valence-electron chi connectivity index (χ3n) is 8.21. The summed E-state index contributed by atoms with van der Waals surface area (Å²) in [4.78, 5) is 12.1. The number of anilines is 4. The van der Waals surface area contributed by atoms with Gasteiger partial charge in [-0.3, -0.25) is 4.21 Å². The summed E-state index contributed by atoms with van der Waals surface area (Å²) in [6, 6.07) is 9.62. The molecule has 6 nitrogen and oxygen atoms in total. The molecule has 2 fully saturated rings. The van der Waals surface area contributed by atoms with Crippen LogP contribution in [0.4, 0.5) is 42.6 Å². The fraction of sp³-hybridized carbons (Fsp3) is 0.385. The van der Waals surface area contributed by atoms with Crippen molar-refractivity contribution in [3.05, 3.63) is 59.3 Å². The molecule has 2 aromatic carbocycles. The molecule has 7 rings (SSSR count). The molecule has 1 aromatic heterocycles. The second-order valence-corrected chi connectivity index (χ2v) is 14.8. The van der Waals surface area contributed by atoms with Crippen LogP contribution >= 0.6 is 10.2 Å². The number of hydrogen-bond acceptors (Lipinski definition) is 6.